The Morgan fingerprint density at radius 1 is 1.15 bits per heavy atom. The van der Waals surface area contributed by atoms with Crippen LogP contribution in [-0.4, -0.2) is 26.3 Å². The van der Waals surface area contributed by atoms with E-state index < -0.39 is 19.5 Å². The Bertz CT molecular complexity index is 823. The largest absolute Gasteiger partial charge is 0.466 e. The number of halogens is 1. The van der Waals surface area contributed by atoms with Gasteiger partial charge in [-0.2, -0.15) is 0 Å². The van der Waals surface area contributed by atoms with Crippen molar-refractivity contribution in [3.63, 3.8) is 0 Å². The van der Waals surface area contributed by atoms with E-state index >= 15 is 0 Å². The van der Waals surface area contributed by atoms with E-state index in [0.29, 0.717) is 32.9 Å². The zero-order chi connectivity index (χ0) is 20.2. The quantitative estimate of drug-likeness (QED) is 0.502. The zero-order valence-electron chi connectivity index (χ0n) is 16.2. The Kier molecular flexibility index (Phi) is 7.29. The van der Waals surface area contributed by atoms with E-state index in [1.807, 2.05) is 6.07 Å². The standard InChI is InChI=1S/C19H25ClNO5P/c1-6-25-27(23,26-7-2)18-13(4)21-12(3)16(19(22)24-5)17(18)14-10-8-9-11-15(14)20/h8-11,17,21H,6-7H2,1-5H3. The van der Waals surface area contributed by atoms with E-state index in [2.05, 4.69) is 5.32 Å². The number of esters is 1. The number of ether oxygens (including phenoxy) is 1. The van der Waals surface area contributed by atoms with Crippen LogP contribution in [0.15, 0.2) is 46.5 Å². The molecule has 1 aromatic rings. The number of carbonyl (C=O) groups excluding carboxylic acids is 1. The molecule has 0 saturated carbocycles. The summed E-state index contributed by atoms with van der Waals surface area (Å²) in [5, 5.41) is 3.93. The molecular formula is C19H25ClNO5P. The molecule has 2 rings (SSSR count). The summed E-state index contributed by atoms with van der Waals surface area (Å²) in [6.07, 6.45) is 0. The van der Waals surface area contributed by atoms with Gasteiger partial charge in [0.15, 0.2) is 0 Å². The molecule has 0 radical (unpaired) electrons. The number of hydrogen-bond acceptors (Lipinski definition) is 6. The molecular weight excluding hydrogens is 389 g/mol. The van der Waals surface area contributed by atoms with Crippen LogP contribution in [0.3, 0.4) is 0 Å². The summed E-state index contributed by atoms with van der Waals surface area (Å²) >= 11 is 6.45. The van der Waals surface area contributed by atoms with Gasteiger partial charge in [-0.3, -0.25) is 4.57 Å². The first-order chi connectivity index (χ1) is 12.8. The van der Waals surface area contributed by atoms with E-state index in [-0.39, 0.29) is 13.2 Å². The summed E-state index contributed by atoms with van der Waals surface area (Å²) in [6.45, 7) is 7.42. The molecule has 0 saturated heterocycles. The van der Waals surface area contributed by atoms with Gasteiger partial charge in [-0.05, 0) is 39.3 Å². The van der Waals surface area contributed by atoms with Crippen LogP contribution in [0.4, 0.5) is 0 Å². The van der Waals surface area contributed by atoms with Crippen molar-refractivity contribution in [2.24, 2.45) is 0 Å². The Balaban J connectivity index is 2.79. The van der Waals surface area contributed by atoms with Gasteiger partial charge in [-0.1, -0.05) is 29.8 Å². The fraction of sp³-hybridized carbons (Fsp3) is 0.421. The van der Waals surface area contributed by atoms with Gasteiger partial charge in [-0.25, -0.2) is 4.79 Å². The molecule has 0 fully saturated rings. The van der Waals surface area contributed by atoms with Crippen molar-refractivity contribution in [2.45, 2.75) is 33.6 Å². The van der Waals surface area contributed by atoms with Crippen LogP contribution in [0.25, 0.3) is 0 Å². The lowest BCUT2D eigenvalue weighted by Gasteiger charge is -2.34. The average molecular weight is 414 g/mol. The third-order valence-corrected chi connectivity index (χ3v) is 6.96. The Morgan fingerprint density at radius 3 is 2.26 bits per heavy atom. The molecule has 1 atom stereocenters. The van der Waals surface area contributed by atoms with Gasteiger partial charge in [0, 0.05) is 16.4 Å². The normalized spacial score (nSPS) is 17.8. The van der Waals surface area contributed by atoms with Crippen molar-refractivity contribution in [1.29, 1.82) is 0 Å². The number of rotatable bonds is 7. The summed E-state index contributed by atoms with van der Waals surface area (Å²) in [4.78, 5) is 12.6. The number of dihydropyridines is 1. The van der Waals surface area contributed by atoms with Gasteiger partial charge >= 0.3 is 13.6 Å². The van der Waals surface area contributed by atoms with Gasteiger partial charge in [0.05, 0.1) is 37.1 Å². The second kappa shape index (κ2) is 9.07. The number of benzene rings is 1. The molecule has 1 heterocycles. The predicted molar refractivity (Wildman–Crippen MR) is 106 cm³/mol. The van der Waals surface area contributed by atoms with Gasteiger partial charge in [-0.15, -0.1) is 0 Å². The van der Waals surface area contributed by atoms with Crippen molar-refractivity contribution < 1.29 is 23.1 Å². The van der Waals surface area contributed by atoms with Gasteiger partial charge in [0.25, 0.3) is 0 Å². The monoisotopic (exact) mass is 413 g/mol. The number of carbonyl (C=O) groups is 1. The number of allylic oxidation sites excluding steroid dienone is 3. The number of hydrogen-bond donors (Lipinski definition) is 1. The van der Waals surface area contributed by atoms with Crippen molar-refractivity contribution in [2.75, 3.05) is 20.3 Å². The van der Waals surface area contributed by atoms with Gasteiger partial charge < -0.3 is 19.1 Å². The summed E-state index contributed by atoms with van der Waals surface area (Å²) < 4.78 is 29.8. The lowest BCUT2D eigenvalue weighted by molar-refractivity contribution is -0.136. The van der Waals surface area contributed by atoms with E-state index in [1.165, 1.54) is 7.11 Å². The highest BCUT2D eigenvalue weighted by molar-refractivity contribution is 7.58. The molecule has 1 N–H and O–H groups in total. The molecule has 6 nitrogen and oxygen atoms in total. The van der Waals surface area contributed by atoms with Crippen LogP contribution in [0.1, 0.15) is 39.2 Å². The molecule has 1 aliphatic heterocycles. The second-order valence-corrected chi connectivity index (χ2v) is 8.35. The Morgan fingerprint density at radius 2 is 1.74 bits per heavy atom. The molecule has 1 unspecified atom stereocenters. The lowest BCUT2D eigenvalue weighted by Crippen LogP contribution is -2.29. The van der Waals surface area contributed by atoms with Crippen LogP contribution in [0.2, 0.25) is 5.02 Å². The van der Waals surface area contributed by atoms with E-state index in [1.54, 1.807) is 45.9 Å². The first-order valence-corrected chi connectivity index (χ1v) is 10.6. The fourth-order valence-electron chi connectivity index (χ4n) is 3.26. The molecule has 8 heteroatoms. The lowest BCUT2D eigenvalue weighted by atomic mass is 9.86. The first kappa shape index (κ1) is 21.7. The molecule has 27 heavy (non-hydrogen) atoms. The molecule has 0 spiro atoms. The van der Waals surface area contributed by atoms with E-state index in [0.717, 1.165) is 0 Å². The summed E-state index contributed by atoms with van der Waals surface area (Å²) in [5.41, 5.74) is 2.17. The second-order valence-electron chi connectivity index (χ2n) is 5.95. The van der Waals surface area contributed by atoms with E-state index in [9.17, 15) is 9.36 Å². The summed E-state index contributed by atoms with van der Waals surface area (Å²) in [7, 11) is -2.38. The highest BCUT2D eigenvalue weighted by atomic mass is 35.5. The third-order valence-electron chi connectivity index (χ3n) is 4.24. The highest BCUT2D eigenvalue weighted by Crippen LogP contribution is 2.64. The minimum Gasteiger partial charge on any atom is -0.466 e. The molecule has 148 valence electrons. The maximum Gasteiger partial charge on any atom is 0.360 e. The van der Waals surface area contributed by atoms with Crippen molar-refractivity contribution in [3.8, 4) is 0 Å². The Hall–Kier alpha value is -1.59. The fourth-order valence-corrected chi connectivity index (χ4v) is 5.58. The smallest absolute Gasteiger partial charge is 0.360 e. The minimum absolute atomic E-state index is 0.194. The van der Waals surface area contributed by atoms with Crippen LogP contribution in [0, 0.1) is 0 Å². The topological polar surface area (TPSA) is 73.9 Å². The molecule has 1 aliphatic rings. The maximum atomic E-state index is 13.7. The summed E-state index contributed by atoms with van der Waals surface area (Å²) in [6, 6.07) is 7.13. The van der Waals surface area contributed by atoms with Crippen LogP contribution >= 0.6 is 19.2 Å². The number of nitrogens with one attached hydrogen (secondary N) is 1. The molecule has 0 bridgehead atoms. The predicted octanol–water partition coefficient (Wildman–Crippen LogP) is 4.97. The van der Waals surface area contributed by atoms with Gasteiger partial charge in [0.1, 0.15) is 0 Å². The van der Waals surface area contributed by atoms with Crippen LogP contribution < -0.4 is 5.32 Å². The van der Waals surface area contributed by atoms with E-state index in [4.69, 9.17) is 25.4 Å². The third kappa shape index (κ3) is 4.30. The molecule has 1 aromatic carbocycles. The van der Waals surface area contributed by atoms with Crippen molar-refractivity contribution in [3.05, 3.63) is 57.1 Å². The SMILES string of the molecule is CCOP(=O)(OCC)C1=C(C)NC(C)=C(C(=O)OC)C1c1ccccc1Cl. The summed E-state index contributed by atoms with van der Waals surface area (Å²) in [5.74, 6) is -1.24. The molecule has 0 aromatic heterocycles. The van der Waals surface area contributed by atoms with Crippen LogP contribution in [0.5, 0.6) is 0 Å². The van der Waals surface area contributed by atoms with Crippen molar-refractivity contribution in [1.82, 2.24) is 5.32 Å². The molecule has 0 aliphatic carbocycles. The highest BCUT2D eigenvalue weighted by Gasteiger charge is 2.45. The minimum atomic E-state index is -3.69. The average Bonchev–Trinajstić information content (AvgIpc) is 2.61. The Labute approximate surface area is 165 Å². The van der Waals surface area contributed by atoms with Crippen LogP contribution in [-0.2, 0) is 23.1 Å². The zero-order valence-corrected chi connectivity index (χ0v) is 17.8. The maximum absolute atomic E-state index is 13.7. The molecule has 0 amide bonds. The number of methoxy groups -OCH3 is 1. The first-order valence-electron chi connectivity index (χ1n) is 8.71. The van der Waals surface area contributed by atoms with Gasteiger partial charge in [0.2, 0.25) is 0 Å². The van der Waals surface area contributed by atoms with Crippen molar-refractivity contribution >= 4 is 25.2 Å².